The zero-order valence-corrected chi connectivity index (χ0v) is 19.1. The molecule has 0 spiro atoms. The monoisotopic (exact) mass is 473 g/mol. The van der Waals surface area contributed by atoms with Gasteiger partial charge in [-0.2, -0.15) is 0 Å². The Balaban J connectivity index is 1.83. The second kappa shape index (κ2) is 8.36. The van der Waals surface area contributed by atoms with Gasteiger partial charge in [0, 0.05) is 13.1 Å². The Morgan fingerprint density at radius 2 is 1.77 bits per heavy atom. The number of hydrogen-bond acceptors (Lipinski definition) is 3. The zero-order chi connectivity index (χ0) is 19.5. The van der Waals surface area contributed by atoms with Gasteiger partial charge in [-0.15, -0.1) is 0 Å². The lowest BCUT2D eigenvalue weighted by Gasteiger charge is -2.33. The Morgan fingerprint density at radius 1 is 1.15 bits per heavy atom. The minimum Gasteiger partial charge on any atom is -0.492 e. The highest BCUT2D eigenvalue weighted by Crippen LogP contribution is 2.30. The molecule has 0 unspecified atom stereocenters. The normalized spacial score (nSPS) is 16.5. The number of halogens is 1. The minimum atomic E-state index is -0.438. The summed E-state index contributed by atoms with van der Waals surface area (Å²) >= 11 is 2.35. The average Bonchev–Trinajstić information content (AvgIpc) is 2.51. The molecule has 1 aromatic carbocycles. The molecule has 0 N–H and O–H groups in total. The van der Waals surface area contributed by atoms with Crippen LogP contribution in [0.15, 0.2) is 18.2 Å². The maximum absolute atomic E-state index is 12.1. The molecule has 0 radical (unpaired) electrons. The SMILES string of the molecule is CC(C)(C)OC(=O)N1CCC(COc2ccc(C(C)(C)C)cc2I)CC1. The van der Waals surface area contributed by atoms with Crippen molar-refractivity contribution in [3.63, 3.8) is 0 Å². The number of nitrogens with zero attached hydrogens (tertiary/aromatic N) is 1. The third kappa shape index (κ3) is 6.32. The molecule has 1 aromatic rings. The van der Waals surface area contributed by atoms with Gasteiger partial charge >= 0.3 is 6.09 Å². The molecule has 0 bridgehead atoms. The van der Waals surface area contributed by atoms with E-state index in [2.05, 4.69) is 61.6 Å². The fourth-order valence-corrected chi connectivity index (χ4v) is 3.57. The van der Waals surface area contributed by atoms with E-state index in [1.54, 1.807) is 0 Å². The Bertz CT molecular complexity index is 623. The lowest BCUT2D eigenvalue weighted by molar-refractivity contribution is 0.0164. The fourth-order valence-electron chi connectivity index (χ4n) is 2.90. The first-order chi connectivity index (χ1) is 12.0. The van der Waals surface area contributed by atoms with Crippen molar-refractivity contribution in [3.8, 4) is 5.75 Å². The highest BCUT2D eigenvalue weighted by atomic mass is 127. The van der Waals surface area contributed by atoms with Crippen LogP contribution in [0.1, 0.15) is 59.9 Å². The van der Waals surface area contributed by atoms with Crippen LogP contribution >= 0.6 is 22.6 Å². The van der Waals surface area contributed by atoms with Crippen LogP contribution in [0, 0.1) is 9.49 Å². The second-order valence-electron chi connectivity index (χ2n) is 9.12. The fraction of sp³-hybridized carbons (Fsp3) is 0.667. The molecule has 0 aliphatic carbocycles. The van der Waals surface area contributed by atoms with Crippen molar-refractivity contribution in [2.75, 3.05) is 19.7 Å². The summed E-state index contributed by atoms with van der Waals surface area (Å²) in [5, 5.41) is 0. The summed E-state index contributed by atoms with van der Waals surface area (Å²) in [6, 6.07) is 6.45. The smallest absolute Gasteiger partial charge is 0.410 e. The van der Waals surface area contributed by atoms with Crippen LogP contribution in [0.2, 0.25) is 0 Å². The van der Waals surface area contributed by atoms with E-state index in [4.69, 9.17) is 9.47 Å². The summed E-state index contributed by atoms with van der Waals surface area (Å²) in [7, 11) is 0. The predicted octanol–water partition coefficient (Wildman–Crippen LogP) is 5.61. The molecule has 26 heavy (non-hydrogen) atoms. The van der Waals surface area contributed by atoms with Crippen molar-refractivity contribution >= 4 is 28.7 Å². The first kappa shape index (κ1) is 21.3. The lowest BCUT2D eigenvalue weighted by Crippen LogP contribution is -2.42. The van der Waals surface area contributed by atoms with Crippen LogP contribution in [0.25, 0.3) is 0 Å². The Morgan fingerprint density at radius 3 is 2.27 bits per heavy atom. The molecule has 5 heteroatoms. The summed E-state index contributed by atoms with van der Waals surface area (Å²) in [5.74, 6) is 1.43. The maximum atomic E-state index is 12.1. The van der Waals surface area contributed by atoms with Crippen LogP contribution in [-0.4, -0.2) is 36.3 Å². The van der Waals surface area contributed by atoms with Crippen molar-refractivity contribution < 1.29 is 14.3 Å². The number of carbonyl (C=O) groups is 1. The van der Waals surface area contributed by atoms with E-state index in [1.165, 1.54) is 5.56 Å². The summed E-state index contributed by atoms with van der Waals surface area (Å²) in [5.41, 5.74) is 1.03. The summed E-state index contributed by atoms with van der Waals surface area (Å²) in [6.07, 6.45) is 1.70. The number of piperidine rings is 1. The highest BCUT2D eigenvalue weighted by molar-refractivity contribution is 14.1. The van der Waals surface area contributed by atoms with Crippen LogP contribution in [0.3, 0.4) is 0 Å². The quantitative estimate of drug-likeness (QED) is 0.536. The number of amides is 1. The average molecular weight is 473 g/mol. The second-order valence-corrected chi connectivity index (χ2v) is 10.3. The first-order valence-corrected chi connectivity index (χ1v) is 10.4. The number of benzene rings is 1. The third-order valence-corrected chi connectivity index (χ3v) is 5.38. The topological polar surface area (TPSA) is 38.8 Å². The van der Waals surface area contributed by atoms with Gasteiger partial charge in [0.25, 0.3) is 0 Å². The molecule has 1 aliphatic heterocycles. The lowest BCUT2D eigenvalue weighted by atomic mass is 9.87. The minimum absolute atomic E-state index is 0.146. The van der Waals surface area contributed by atoms with Crippen LogP contribution in [0.5, 0.6) is 5.75 Å². The molecule has 4 nitrogen and oxygen atoms in total. The zero-order valence-electron chi connectivity index (χ0n) is 16.9. The first-order valence-electron chi connectivity index (χ1n) is 9.36. The van der Waals surface area contributed by atoms with Gasteiger partial charge in [-0.1, -0.05) is 26.8 Å². The van der Waals surface area contributed by atoms with Crippen LogP contribution in [-0.2, 0) is 10.2 Å². The van der Waals surface area contributed by atoms with Crippen molar-refractivity contribution in [1.29, 1.82) is 0 Å². The van der Waals surface area contributed by atoms with Crippen molar-refractivity contribution in [2.24, 2.45) is 5.92 Å². The van der Waals surface area contributed by atoms with Gasteiger partial charge < -0.3 is 14.4 Å². The van der Waals surface area contributed by atoms with E-state index in [9.17, 15) is 4.79 Å². The van der Waals surface area contributed by atoms with Crippen molar-refractivity contribution in [1.82, 2.24) is 4.90 Å². The molecular formula is C21H32INO3. The molecule has 1 heterocycles. The predicted molar refractivity (Wildman–Crippen MR) is 114 cm³/mol. The maximum Gasteiger partial charge on any atom is 0.410 e. The molecule has 1 saturated heterocycles. The Hall–Kier alpha value is -0.980. The molecule has 1 amide bonds. The summed E-state index contributed by atoms with van der Waals surface area (Å²) in [6.45, 7) is 14.5. The Labute approximate surface area is 171 Å². The number of ether oxygens (including phenoxy) is 2. The van der Waals surface area contributed by atoms with Gasteiger partial charge in [0.05, 0.1) is 10.2 Å². The molecular weight excluding hydrogens is 441 g/mol. The van der Waals surface area contributed by atoms with Gasteiger partial charge in [0.15, 0.2) is 0 Å². The molecule has 1 fully saturated rings. The van der Waals surface area contributed by atoms with Crippen molar-refractivity contribution in [3.05, 3.63) is 27.3 Å². The summed E-state index contributed by atoms with van der Waals surface area (Å²) < 4.78 is 12.7. The number of likely N-dealkylation sites (tertiary alicyclic amines) is 1. The van der Waals surface area contributed by atoms with Gasteiger partial charge in [-0.25, -0.2) is 4.79 Å². The molecule has 1 aliphatic rings. The van der Waals surface area contributed by atoms with E-state index >= 15 is 0 Å². The molecule has 0 aromatic heterocycles. The van der Waals surface area contributed by atoms with E-state index < -0.39 is 5.60 Å². The molecule has 0 saturated carbocycles. The molecule has 0 atom stereocenters. The van der Waals surface area contributed by atoms with E-state index in [0.717, 1.165) is 35.3 Å². The molecule has 2 rings (SSSR count). The van der Waals surface area contributed by atoms with E-state index in [1.807, 2.05) is 25.7 Å². The third-order valence-electron chi connectivity index (χ3n) is 4.54. The van der Waals surface area contributed by atoms with Gasteiger partial charge in [-0.05, 0) is 85.2 Å². The van der Waals surface area contributed by atoms with Gasteiger partial charge in [0.2, 0.25) is 0 Å². The van der Waals surface area contributed by atoms with Crippen LogP contribution < -0.4 is 4.74 Å². The van der Waals surface area contributed by atoms with Gasteiger partial charge in [-0.3, -0.25) is 0 Å². The van der Waals surface area contributed by atoms with Crippen LogP contribution in [0.4, 0.5) is 4.79 Å². The Kier molecular flexibility index (Phi) is 6.86. The summed E-state index contributed by atoms with van der Waals surface area (Å²) in [4.78, 5) is 13.9. The van der Waals surface area contributed by atoms with Crippen molar-refractivity contribution in [2.45, 2.75) is 65.4 Å². The number of hydrogen-bond donors (Lipinski definition) is 0. The number of carbonyl (C=O) groups excluding carboxylic acids is 1. The highest BCUT2D eigenvalue weighted by Gasteiger charge is 2.27. The molecule has 146 valence electrons. The van der Waals surface area contributed by atoms with E-state index in [-0.39, 0.29) is 11.5 Å². The largest absolute Gasteiger partial charge is 0.492 e. The standard InChI is InChI=1S/C21H32INO3/c1-20(2,3)16-7-8-18(17(22)13-16)25-14-15-9-11-23(12-10-15)19(24)26-21(4,5)6/h7-8,13,15H,9-12,14H2,1-6H3. The van der Waals surface area contributed by atoms with E-state index in [0.29, 0.717) is 12.5 Å². The number of rotatable bonds is 3. The van der Waals surface area contributed by atoms with Gasteiger partial charge in [0.1, 0.15) is 11.4 Å².